The maximum Gasteiger partial charge on any atom is 0.333 e. The average Bonchev–Trinajstić information content (AvgIpc) is 2.61. The quantitative estimate of drug-likeness (QED) is 0.304. The zero-order valence-electron chi connectivity index (χ0n) is 16.1. The lowest BCUT2D eigenvalue weighted by atomic mass is 10.00. The molecular weight excluding hydrogens is 348 g/mol. The van der Waals surface area contributed by atoms with Gasteiger partial charge in [-0.05, 0) is 49.0 Å². The second-order valence-corrected chi connectivity index (χ2v) is 7.65. The molecule has 0 unspecified atom stereocenters. The first-order valence-corrected chi connectivity index (χ1v) is 10.2. The summed E-state index contributed by atoms with van der Waals surface area (Å²) >= 11 is 1.58. The molecule has 0 aliphatic rings. The molecule has 0 fully saturated rings. The van der Waals surface area contributed by atoms with Crippen molar-refractivity contribution in [1.29, 1.82) is 0 Å². The highest BCUT2D eigenvalue weighted by molar-refractivity contribution is 7.99. The topological polar surface area (TPSA) is 52.6 Å². The first kappa shape index (κ1) is 22.3. The maximum atomic E-state index is 11.6. The molecule has 0 N–H and O–H groups in total. The Morgan fingerprint density at radius 1 is 1.08 bits per heavy atom. The summed E-state index contributed by atoms with van der Waals surface area (Å²) < 4.78 is 9.86. The summed E-state index contributed by atoms with van der Waals surface area (Å²) in [5.41, 5.74) is 3.07. The zero-order valence-corrected chi connectivity index (χ0v) is 16.9. The fourth-order valence-corrected chi connectivity index (χ4v) is 3.02. The van der Waals surface area contributed by atoms with Gasteiger partial charge < -0.3 is 9.47 Å². The molecule has 0 aliphatic carbocycles. The number of benzene rings is 1. The standard InChI is InChI=1S/C21H30O4S/c1-16(2)19-10-8-18(9-11-19)7-5-6-14-26-15-20(22)24-12-13-25-21(23)17(3)4/h8-11,16H,3,5-7,12-15H2,1-2,4H3. The van der Waals surface area contributed by atoms with Crippen LogP contribution in [0, 0.1) is 0 Å². The van der Waals surface area contributed by atoms with Crippen LogP contribution in [-0.4, -0.2) is 36.7 Å². The first-order chi connectivity index (χ1) is 12.4. The van der Waals surface area contributed by atoms with Gasteiger partial charge in [-0.1, -0.05) is 44.7 Å². The lowest BCUT2D eigenvalue weighted by Crippen LogP contribution is -2.15. The number of hydrogen-bond acceptors (Lipinski definition) is 5. The van der Waals surface area contributed by atoms with Crippen LogP contribution in [0.15, 0.2) is 36.4 Å². The van der Waals surface area contributed by atoms with Gasteiger partial charge in [-0.25, -0.2) is 4.79 Å². The summed E-state index contributed by atoms with van der Waals surface area (Å²) in [7, 11) is 0. The third-order valence-electron chi connectivity index (χ3n) is 3.80. The van der Waals surface area contributed by atoms with Crippen LogP contribution < -0.4 is 0 Å². The van der Waals surface area contributed by atoms with E-state index in [0.29, 0.717) is 17.2 Å². The Labute approximate surface area is 161 Å². The van der Waals surface area contributed by atoms with Gasteiger partial charge in [-0.2, -0.15) is 11.8 Å². The molecule has 4 nitrogen and oxygen atoms in total. The molecule has 0 spiro atoms. The van der Waals surface area contributed by atoms with Gasteiger partial charge in [0.05, 0.1) is 5.75 Å². The van der Waals surface area contributed by atoms with Gasteiger partial charge in [-0.15, -0.1) is 0 Å². The Hall–Kier alpha value is -1.75. The van der Waals surface area contributed by atoms with Gasteiger partial charge in [0.1, 0.15) is 13.2 Å². The largest absolute Gasteiger partial charge is 0.461 e. The number of aryl methyl sites for hydroxylation is 1. The fourth-order valence-electron chi connectivity index (χ4n) is 2.21. The Bertz CT molecular complexity index is 578. The van der Waals surface area contributed by atoms with Crippen LogP contribution in [0.4, 0.5) is 0 Å². The van der Waals surface area contributed by atoms with E-state index in [2.05, 4.69) is 44.7 Å². The molecule has 1 aromatic rings. The minimum absolute atomic E-state index is 0.0672. The Balaban J connectivity index is 2.02. The van der Waals surface area contributed by atoms with Crippen molar-refractivity contribution < 1.29 is 19.1 Å². The van der Waals surface area contributed by atoms with Crippen LogP contribution in [-0.2, 0) is 25.5 Å². The summed E-state index contributed by atoms with van der Waals surface area (Å²) in [5, 5.41) is 0. The van der Waals surface area contributed by atoms with Crippen molar-refractivity contribution in [2.75, 3.05) is 24.7 Å². The van der Waals surface area contributed by atoms with Crippen molar-refractivity contribution in [2.24, 2.45) is 0 Å². The molecule has 1 aromatic carbocycles. The van der Waals surface area contributed by atoms with E-state index in [0.717, 1.165) is 25.0 Å². The molecule has 0 aromatic heterocycles. The van der Waals surface area contributed by atoms with Gasteiger partial charge in [0, 0.05) is 5.57 Å². The van der Waals surface area contributed by atoms with Gasteiger partial charge in [0.25, 0.3) is 0 Å². The van der Waals surface area contributed by atoms with E-state index in [9.17, 15) is 9.59 Å². The number of esters is 2. The van der Waals surface area contributed by atoms with E-state index in [1.807, 2.05) is 0 Å². The van der Waals surface area contributed by atoms with Crippen molar-refractivity contribution in [3.8, 4) is 0 Å². The van der Waals surface area contributed by atoms with Gasteiger partial charge >= 0.3 is 11.9 Å². The summed E-state index contributed by atoms with van der Waals surface area (Å²) in [6.07, 6.45) is 3.25. The van der Waals surface area contributed by atoms with Crippen LogP contribution in [0.2, 0.25) is 0 Å². The third kappa shape index (κ3) is 9.66. The smallest absolute Gasteiger partial charge is 0.333 e. The predicted molar refractivity (Wildman–Crippen MR) is 108 cm³/mol. The Kier molecular flexibility index (Phi) is 10.8. The highest BCUT2D eigenvalue weighted by atomic mass is 32.2. The van der Waals surface area contributed by atoms with Crippen molar-refractivity contribution >= 4 is 23.7 Å². The molecule has 144 valence electrons. The predicted octanol–water partition coefficient (Wildman–Crippen LogP) is 4.53. The lowest BCUT2D eigenvalue weighted by molar-refractivity contribution is -0.148. The molecule has 0 saturated heterocycles. The van der Waals surface area contributed by atoms with Crippen LogP contribution in [0.5, 0.6) is 0 Å². The number of rotatable bonds is 12. The van der Waals surface area contributed by atoms with Crippen molar-refractivity contribution in [1.82, 2.24) is 0 Å². The monoisotopic (exact) mass is 378 g/mol. The van der Waals surface area contributed by atoms with Gasteiger partial charge in [0.2, 0.25) is 0 Å². The number of unbranched alkanes of at least 4 members (excludes halogenated alkanes) is 1. The van der Waals surface area contributed by atoms with Gasteiger partial charge in [0.15, 0.2) is 0 Å². The summed E-state index contributed by atoms with van der Waals surface area (Å²) in [6, 6.07) is 8.83. The Morgan fingerprint density at radius 2 is 1.73 bits per heavy atom. The SMILES string of the molecule is C=C(C)C(=O)OCCOC(=O)CSCCCCc1ccc(C(C)C)cc1. The number of hydrogen-bond donors (Lipinski definition) is 0. The highest BCUT2D eigenvalue weighted by Gasteiger charge is 2.06. The molecule has 0 radical (unpaired) electrons. The lowest BCUT2D eigenvalue weighted by Gasteiger charge is -2.07. The van der Waals surface area contributed by atoms with E-state index in [1.54, 1.807) is 18.7 Å². The minimum Gasteiger partial charge on any atom is -0.461 e. The summed E-state index contributed by atoms with van der Waals surface area (Å²) in [5.74, 6) is 1.10. The Morgan fingerprint density at radius 3 is 2.35 bits per heavy atom. The number of carbonyl (C=O) groups is 2. The van der Waals surface area contributed by atoms with E-state index in [4.69, 9.17) is 9.47 Å². The molecule has 5 heteroatoms. The van der Waals surface area contributed by atoms with E-state index >= 15 is 0 Å². The summed E-state index contributed by atoms with van der Waals surface area (Å²) in [6.45, 7) is 9.61. The molecule has 0 heterocycles. The van der Waals surface area contributed by atoms with Crippen LogP contribution in [0.3, 0.4) is 0 Å². The van der Waals surface area contributed by atoms with Crippen molar-refractivity contribution in [3.63, 3.8) is 0 Å². The molecular formula is C21H30O4S. The fraction of sp³-hybridized carbons (Fsp3) is 0.524. The average molecular weight is 379 g/mol. The second-order valence-electron chi connectivity index (χ2n) is 6.54. The van der Waals surface area contributed by atoms with E-state index in [1.165, 1.54) is 11.1 Å². The first-order valence-electron chi connectivity index (χ1n) is 9.05. The number of carbonyl (C=O) groups excluding carboxylic acids is 2. The van der Waals surface area contributed by atoms with Crippen molar-refractivity contribution in [3.05, 3.63) is 47.5 Å². The van der Waals surface area contributed by atoms with Crippen molar-refractivity contribution in [2.45, 2.75) is 46.0 Å². The van der Waals surface area contributed by atoms with Crippen LogP contribution in [0.1, 0.15) is 50.7 Å². The maximum absolute atomic E-state index is 11.6. The molecule has 0 aliphatic heterocycles. The molecule has 0 bridgehead atoms. The molecule has 0 atom stereocenters. The highest BCUT2D eigenvalue weighted by Crippen LogP contribution is 2.16. The van der Waals surface area contributed by atoms with E-state index in [-0.39, 0.29) is 19.2 Å². The van der Waals surface area contributed by atoms with Crippen LogP contribution in [0.25, 0.3) is 0 Å². The van der Waals surface area contributed by atoms with Crippen LogP contribution >= 0.6 is 11.8 Å². The molecule has 26 heavy (non-hydrogen) atoms. The minimum atomic E-state index is -0.464. The van der Waals surface area contributed by atoms with Gasteiger partial charge in [-0.3, -0.25) is 4.79 Å². The molecule has 0 saturated carbocycles. The normalized spacial score (nSPS) is 10.6. The van der Waals surface area contributed by atoms with E-state index < -0.39 is 5.97 Å². The number of thioether (sulfide) groups is 1. The number of ether oxygens (including phenoxy) is 2. The third-order valence-corrected chi connectivity index (χ3v) is 4.82. The second kappa shape index (κ2) is 12.6. The summed E-state index contributed by atoms with van der Waals surface area (Å²) in [4.78, 5) is 22.7. The molecule has 1 rings (SSSR count). The zero-order chi connectivity index (χ0) is 19.4. The molecule has 0 amide bonds.